The predicted molar refractivity (Wildman–Crippen MR) is 83.4 cm³/mol. The van der Waals surface area contributed by atoms with Gasteiger partial charge in [-0.1, -0.05) is 18.5 Å². The number of thiophene rings is 1. The van der Waals surface area contributed by atoms with Crippen molar-refractivity contribution in [3.05, 3.63) is 37.2 Å². The van der Waals surface area contributed by atoms with Crippen LogP contribution in [-0.2, 0) is 19.9 Å². The van der Waals surface area contributed by atoms with E-state index in [-0.39, 0.29) is 6.04 Å². The van der Waals surface area contributed by atoms with E-state index in [4.69, 9.17) is 17.4 Å². The van der Waals surface area contributed by atoms with Crippen molar-refractivity contribution in [1.82, 2.24) is 15.2 Å². The molecule has 0 saturated heterocycles. The molecule has 0 radical (unpaired) electrons. The minimum atomic E-state index is 0.0204. The fraction of sp³-hybridized carbons (Fsp3) is 0.417. The molecule has 0 amide bonds. The Kier molecular flexibility index (Phi) is 5.03. The van der Waals surface area contributed by atoms with Crippen molar-refractivity contribution in [2.24, 2.45) is 12.9 Å². The van der Waals surface area contributed by atoms with Crippen LogP contribution in [-0.4, -0.2) is 9.78 Å². The number of hydrazine groups is 1. The van der Waals surface area contributed by atoms with Gasteiger partial charge in [-0.2, -0.15) is 5.10 Å². The van der Waals surface area contributed by atoms with Crippen molar-refractivity contribution in [2.45, 2.75) is 25.8 Å². The first-order valence-corrected chi connectivity index (χ1v) is 8.02. The van der Waals surface area contributed by atoms with Gasteiger partial charge in [0.25, 0.3) is 0 Å². The van der Waals surface area contributed by atoms with E-state index in [1.54, 1.807) is 11.3 Å². The highest BCUT2D eigenvalue weighted by Crippen LogP contribution is 2.32. The fourth-order valence-corrected chi connectivity index (χ4v) is 4.10. The predicted octanol–water partition coefficient (Wildman–Crippen LogP) is 3.21. The first kappa shape index (κ1) is 15.0. The van der Waals surface area contributed by atoms with Crippen molar-refractivity contribution in [2.75, 3.05) is 0 Å². The van der Waals surface area contributed by atoms with Gasteiger partial charge in [0, 0.05) is 22.8 Å². The molecule has 2 aromatic heterocycles. The third-order valence-corrected chi connectivity index (χ3v) is 5.48. The summed E-state index contributed by atoms with van der Waals surface area (Å²) in [6.45, 7) is 2.05. The van der Waals surface area contributed by atoms with Crippen LogP contribution in [0.25, 0.3) is 0 Å². The van der Waals surface area contributed by atoms with E-state index in [9.17, 15) is 0 Å². The Morgan fingerprint density at radius 2 is 2.37 bits per heavy atom. The lowest BCUT2D eigenvalue weighted by molar-refractivity contribution is 0.536. The molecular weight excluding hydrogens is 348 g/mol. The topological polar surface area (TPSA) is 55.9 Å². The molecule has 2 heterocycles. The van der Waals surface area contributed by atoms with Gasteiger partial charge in [-0.25, -0.2) is 0 Å². The molecule has 0 saturated carbocycles. The molecular formula is C12H16BrClN4S. The summed E-state index contributed by atoms with van der Waals surface area (Å²) in [6, 6.07) is 2.04. The summed E-state index contributed by atoms with van der Waals surface area (Å²) in [5, 5.41) is 7.21. The minimum Gasteiger partial charge on any atom is -0.271 e. The lowest BCUT2D eigenvalue weighted by Crippen LogP contribution is -2.29. The number of aryl methyl sites for hydroxylation is 2. The van der Waals surface area contributed by atoms with Gasteiger partial charge < -0.3 is 0 Å². The number of hydrogen-bond acceptors (Lipinski definition) is 4. The molecule has 0 bridgehead atoms. The molecule has 0 aliphatic rings. The molecule has 1 unspecified atom stereocenters. The SMILES string of the molecule is CCc1nn(C)c(CC(NN)c2sccc2Br)c1Cl. The van der Waals surface area contributed by atoms with Gasteiger partial charge in [0.05, 0.1) is 22.5 Å². The first-order valence-electron chi connectivity index (χ1n) is 5.97. The van der Waals surface area contributed by atoms with Crippen LogP contribution in [0.5, 0.6) is 0 Å². The maximum absolute atomic E-state index is 6.37. The molecule has 7 heteroatoms. The zero-order valence-electron chi connectivity index (χ0n) is 10.8. The van der Waals surface area contributed by atoms with Crippen LogP contribution in [0.1, 0.15) is 29.2 Å². The number of nitrogens with zero attached hydrogens (tertiary/aromatic N) is 2. The molecule has 0 aromatic carbocycles. The van der Waals surface area contributed by atoms with E-state index < -0.39 is 0 Å². The highest BCUT2D eigenvalue weighted by molar-refractivity contribution is 9.10. The van der Waals surface area contributed by atoms with E-state index in [0.29, 0.717) is 6.42 Å². The third-order valence-electron chi connectivity index (χ3n) is 3.06. The largest absolute Gasteiger partial charge is 0.271 e. The monoisotopic (exact) mass is 362 g/mol. The van der Waals surface area contributed by atoms with Crippen molar-refractivity contribution in [3.63, 3.8) is 0 Å². The highest BCUT2D eigenvalue weighted by atomic mass is 79.9. The maximum Gasteiger partial charge on any atom is 0.0850 e. The van der Waals surface area contributed by atoms with Crippen molar-refractivity contribution in [1.29, 1.82) is 0 Å². The smallest absolute Gasteiger partial charge is 0.0850 e. The zero-order valence-corrected chi connectivity index (χ0v) is 13.9. The highest BCUT2D eigenvalue weighted by Gasteiger charge is 2.20. The van der Waals surface area contributed by atoms with Crippen molar-refractivity contribution in [3.8, 4) is 0 Å². The fourth-order valence-electron chi connectivity index (χ4n) is 2.02. The molecule has 0 spiro atoms. The molecule has 4 nitrogen and oxygen atoms in total. The van der Waals surface area contributed by atoms with E-state index in [2.05, 4.69) is 26.5 Å². The Balaban J connectivity index is 2.29. The van der Waals surface area contributed by atoms with Crippen LogP contribution in [0.2, 0.25) is 5.02 Å². The second kappa shape index (κ2) is 6.37. The molecule has 0 fully saturated rings. The number of rotatable bonds is 5. The Hall–Kier alpha value is -0.400. The summed E-state index contributed by atoms with van der Waals surface area (Å²) < 4.78 is 2.90. The molecule has 2 aromatic rings. The summed E-state index contributed by atoms with van der Waals surface area (Å²) in [5.41, 5.74) is 4.79. The summed E-state index contributed by atoms with van der Waals surface area (Å²) in [4.78, 5) is 1.16. The molecule has 0 aliphatic heterocycles. The van der Waals surface area contributed by atoms with E-state index in [1.807, 2.05) is 30.1 Å². The minimum absolute atomic E-state index is 0.0204. The summed E-state index contributed by atoms with van der Waals surface area (Å²) in [7, 11) is 1.91. The summed E-state index contributed by atoms with van der Waals surface area (Å²) in [6.07, 6.45) is 1.54. The summed E-state index contributed by atoms with van der Waals surface area (Å²) >= 11 is 11.6. The Morgan fingerprint density at radius 3 is 2.84 bits per heavy atom. The van der Waals surface area contributed by atoms with Gasteiger partial charge in [0.15, 0.2) is 0 Å². The van der Waals surface area contributed by atoms with Crippen LogP contribution in [0.3, 0.4) is 0 Å². The molecule has 2 rings (SSSR count). The third kappa shape index (κ3) is 3.03. The molecule has 19 heavy (non-hydrogen) atoms. The lowest BCUT2D eigenvalue weighted by Gasteiger charge is -2.15. The standard InChI is InChI=1S/C12H16BrClN4S/c1-3-8-11(14)10(18(2)17-8)6-9(16-15)12-7(13)4-5-19-12/h4-5,9,16H,3,6,15H2,1-2H3. The Labute approximate surface area is 130 Å². The summed E-state index contributed by atoms with van der Waals surface area (Å²) in [5.74, 6) is 5.68. The number of hydrogen-bond donors (Lipinski definition) is 2. The van der Waals surface area contributed by atoms with Crippen LogP contribution in [0.15, 0.2) is 15.9 Å². The van der Waals surface area contributed by atoms with E-state index in [0.717, 1.165) is 32.2 Å². The molecule has 3 N–H and O–H groups in total. The number of halogens is 2. The number of nitrogens with two attached hydrogens (primary N) is 1. The Morgan fingerprint density at radius 1 is 1.63 bits per heavy atom. The van der Waals surface area contributed by atoms with Crippen LogP contribution in [0, 0.1) is 0 Å². The average molecular weight is 364 g/mol. The van der Waals surface area contributed by atoms with Crippen molar-refractivity contribution >= 4 is 38.9 Å². The van der Waals surface area contributed by atoms with Crippen LogP contribution in [0.4, 0.5) is 0 Å². The zero-order chi connectivity index (χ0) is 14.0. The first-order chi connectivity index (χ1) is 9.08. The molecule has 104 valence electrons. The van der Waals surface area contributed by atoms with Gasteiger partial charge in [-0.05, 0) is 33.8 Å². The second-order valence-corrected chi connectivity index (χ2v) is 6.42. The van der Waals surface area contributed by atoms with Gasteiger partial charge >= 0.3 is 0 Å². The number of aromatic nitrogens is 2. The second-order valence-electron chi connectivity index (χ2n) is 4.24. The van der Waals surface area contributed by atoms with E-state index >= 15 is 0 Å². The normalized spacial score (nSPS) is 12.9. The van der Waals surface area contributed by atoms with Crippen LogP contribution < -0.4 is 11.3 Å². The number of nitrogens with one attached hydrogen (secondary N) is 1. The van der Waals surface area contributed by atoms with E-state index in [1.165, 1.54) is 0 Å². The molecule has 0 aliphatic carbocycles. The Bertz CT molecular complexity index is 566. The van der Waals surface area contributed by atoms with Gasteiger partial charge in [-0.3, -0.25) is 16.0 Å². The van der Waals surface area contributed by atoms with Gasteiger partial charge in [-0.15, -0.1) is 11.3 Å². The van der Waals surface area contributed by atoms with Gasteiger partial charge in [0.2, 0.25) is 0 Å². The van der Waals surface area contributed by atoms with Crippen LogP contribution >= 0.6 is 38.9 Å². The molecule has 1 atom stereocenters. The maximum atomic E-state index is 6.37. The quantitative estimate of drug-likeness (QED) is 0.633. The lowest BCUT2D eigenvalue weighted by atomic mass is 10.1. The average Bonchev–Trinajstić information content (AvgIpc) is 2.93. The van der Waals surface area contributed by atoms with Crippen molar-refractivity contribution < 1.29 is 0 Å². The van der Waals surface area contributed by atoms with Gasteiger partial charge in [0.1, 0.15) is 0 Å².